The summed E-state index contributed by atoms with van der Waals surface area (Å²) in [6.45, 7) is 1.97. The molecule has 28 heavy (non-hydrogen) atoms. The average Bonchev–Trinajstić information content (AvgIpc) is 3.02. The molecule has 0 spiro atoms. The average molecular weight is 435 g/mol. The van der Waals surface area contributed by atoms with E-state index in [1.165, 1.54) is 22.7 Å². The van der Waals surface area contributed by atoms with E-state index in [9.17, 15) is 4.79 Å². The van der Waals surface area contributed by atoms with Crippen LogP contribution in [0.5, 0.6) is 0 Å². The molecule has 0 amide bonds. The van der Waals surface area contributed by atoms with Gasteiger partial charge in [-0.3, -0.25) is 4.79 Å². The van der Waals surface area contributed by atoms with Gasteiger partial charge in [-0.2, -0.15) is 5.10 Å². The summed E-state index contributed by atoms with van der Waals surface area (Å²) in [5.74, 6) is 6.37. The van der Waals surface area contributed by atoms with Gasteiger partial charge in [0.25, 0.3) is 5.95 Å². The first kappa shape index (κ1) is 20.2. The van der Waals surface area contributed by atoms with Gasteiger partial charge in [0.2, 0.25) is 5.16 Å². The number of hydrogen-bond acceptors (Lipinski definition) is 7. The zero-order valence-corrected chi connectivity index (χ0v) is 17.1. The number of Topliss-reactive ketones (excluding diaryl/α,β-unsaturated/α-hetero) is 1. The van der Waals surface area contributed by atoms with Crippen molar-refractivity contribution in [1.82, 2.24) is 14.9 Å². The van der Waals surface area contributed by atoms with Gasteiger partial charge in [-0.15, -0.1) is 10.2 Å². The Morgan fingerprint density at radius 3 is 2.71 bits per heavy atom. The number of halogens is 2. The molecule has 1 aromatic heterocycles. The van der Waals surface area contributed by atoms with Crippen LogP contribution in [-0.4, -0.2) is 32.6 Å². The van der Waals surface area contributed by atoms with Crippen LogP contribution in [0.4, 0.5) is 5.95 Å². The molecular formula is C18H16Cl2N6OS. The first-order valence-electron chi connectivity index (χ1n) is 8.11. The number of nitrogens with zero attached hydrogens (tertiary/aromatic N) is 4. The minimum Gasteiger partial charge on any atom is -0.334 e. The molecule has 144 valence electrons. The maximum absolute atomic E-state index is 12.3. The van der Waals surface area contributed by atoms with Crippen LogP contribution in [0.2, 0.25) is 10.0 Å². The number of ketones is 1. The van der Waals surface area contributed by atoms with Gasteiger partial charge < -0.3 is 5.84 Å². The molecule has 0 saturated heterocycles. The predicted octanol–water partition coefficient (Wildman–Crippen LogP) is 4.03. The second kappa shape index (κ2) is 9.09. The van der Waals surface area contributed by atoms with E-state index < -0.39 is 0 Å². The van der Waals surface area contributed by atoms with E-state index in [0.29, 0.717) is 26.3 Å². The number of hydrogen-bond donors (Lipinski definition) is 2. The van der Waals surface area contributed by atoms with E-state index in [1.807, 2.05) is 19.1 Å². The van der Waals surface area contributed by atoms with Gasteiger partial charge in [-0.1, -0.05) is 70.9 Å². The molecule has 0 radical (unpaired) electrons. The van der Waals surface area contributed by atoms with Gasteiger partial charge in [0, 0.05) is 16.1 Å². The molecule has 1 heterocycles. The highest BCUT2D eigenvalue weighted by atomic mass is 35.5. The van der Waals surface area contributed by atoms with Gasteiger partial charge in [-0.05, 0) is 19.1 Å². The van der Waals surface area contributed by atoms with Crippen LogP contribution in [0.25, 0.3) is 0 Å². The van der Waals surface area contributed by atoms with E-state index in [1.54, 1.807) is 30.3 Å². The van der Waals surface area contributed by atoms with Crippen LogP contribution in [0.1, 0.15) is 21.5 Å². The molecular weight excluding hydrogens is 419 g/mol. The lowest BCUT2D eigenvalue weighted by molar-refractivity contribution is 0.102. The van der Waals surface area contributed by atoms with E-state index in [-0.39, 0.29) is 17.5 Å². The zero-order chi connectivity index (χ0) is 20.1. The SMILES string of the molecule is Cc1ccc(C(=O)CSc2nnc(N/N=C/c3ccc(Cl)cc3Cl)n2N)cc1. The molecule has 10 heteroatoms. The van der Waals surface area contributed by atoms with Gasteiger partial charge in [0.1, 0.15) is 0 Å². The highest BCUT2D eigenvalue weighted by molar-refractivity contribution is 7.99. The lowest BCUT2D eigenvalue weighted by atomic mass is 10.1. The van der Waals surface area contributed by atoms with Crippen molar-refractivity contribution in [2.45, 2.75) is 12.1 Å². The number of nitrogens with two attached hydrogens (primary N) is 1. The number of nitrogens with one attached hydrogen (secondary N) is 1. The van der Waals surface area contributed by atoms with Crippen molar-refractivity contribution in [1.29, 1.82) is 0 Å². The first-order valence-corrected chi connectivity index (χ1v) is 9.85. The summed E-state index contributed by atoms with van der Waals surface area (Å²) in [6, 6.07) is 12.5. The Morgan fingerprint density at radius 2 is 2.00 bits per heavy atom. The number of carbonyl (C=O) groups excluding carboxylic acids is 1. The molecule has 7 nitrogen and oxygen atoms in total. The van der Waals surface area contributed by atoms with Crippen molar-refractivity contribution < 1.29 is 4.79 Å². The lowest BCUT2D eigenvalue weighted by Crippen LogP contribution is -2.14. The van der Waals surface area contributed by atoms with Gasteiger partial charge in [0.05, 0.1) is 17.0 Å². The molecule has 0 saturated carbocycles. The van der Waals surface area contributed by atoms with E-state index in [4.69, 9.17) is 29.0 Å². The summed E-state index contributed by atoms with van der Waals surface area (Å²) in [5.41, 5.74) is 5.12. The number of anilines is 1. The number of carbonyl (C=O) groups is 1. The number of benzene rings is 2. The highest BCUT2D eigenvalue weighted by Gasteiger charge is 2.13. The van der Waals surface area contributed by atoms with Crippen molar-refractivity contribution in [2.75, 3.05) is 17.0 Å². The topological polar surface area (TPSA) is 98.2 Å². The van der Waals surface area contributed by atoms with Crippen molar-refractivity contribution >= 4 is 52.9 Å². The Bertz CT molecular complexity index is 1020. The van der Waals surface area contributed by atoms with Crippen LogP contribution in [-0.2, 0) is 0 Å². The first-order chi connectivity index (χ1) is 13.4. The molecule has 3 N–H and O–H groups in total. The molecule has 2 aromatic carbocycles. The summed E-state index contributed by atoms with van der Waals surface area (Å²) in [5, 5.41) is 13.3. The van der Waals surface area contributed by atoms with E-state index >= 15 is 0 Å². The third kappa shape index (κ3) is 5.03. The minimum atomic E-state index is -0.0158. The Labute approximate surface area is 175 Å². The number of nitrogen functional groups attached to an aromatic ring is 1. The van der Waals surface area contributed by atoms with Crippen molar-refractivity contribution in [3.63, 3.8) is 0 Å². The Balaban J connectivity index is 1.59. The molecule has 3 rings (SSSR count). The highest BCUT2D eigenvalue weighted by Crippen LogP contribution is 2.20. The number of thioether (sulfide) groups is 1. The summed E-state index contributed by atoms with van der Waals surface area (Å²) < 4.78 is 1.23. The van der Waals surface area contributed by atoms with Gasteiger partial charge >= 0.3 is 0 Å². The second-order valence-corrected chi connectivity index (χ2v) is 7.58. The quantitative estimate of drug-likeness (QED) is 0.191. The Morgan fingerprint density at radius 1 is 1.25 bits per heavy atom. The van der Waals surface area contributed by atoms with Gasteiger partial charge in [-0.25, -0.2) is 10.1 Å². The van der Waals surface area contributed by atoms with E-state index in [2.05, 4.69) is 20.7 Å². The number of aryl methyl sites for hydroxylation is 1. The Kier molecular flexibility index (Phi) is 6.56. The summed E-state index contributed by atoms with van der Waals surface area (Å²) in [7, 11) is 0. The molecule has 0 aliphatic rings. The number of aromatic nitrogens is 3. The molecule has 0 bridgehead atoms. The van der Waals surface area contributed by atoms with Gasteiger partial charge in [0.15, 0.2) is 5.78 Å². The molecule has 0 aliphatic carbocycles. The van der Waals surface area contributed by atoms with Crippen LogP contribution in [0.3, 0.4) is 0 Å². The fraction of sp³-hybridized carbons (Fsp3) is 0.111. The monoisotopic (exact) mass is 434 g/mol. The third-order valence-corrected chi connectivity index (χ3v) is 5.21. The maximum atomic E-state index is 12.3. The molecule has 0 atom stereocenters. The maximum Gasteiger partial charge on any atom is 0.264 e. The molecule has 0 unspecified atom stereocenters. The summed E-state index contributed by atoms with van der Waals surface area (Å²) in [4.78, 5) is 12.3. The standard InChI is InChI=1S/C18H16Cl2N6OS/c1-11-2-4-12(5-3-11)16(27)10-28-18-25-24-17(26(18)21)23-22-9-13-6-7-14(19)8-15(13)20/h2-9H,10,21H2,1H3,(H,23,24)/b22-9+. The fourth-order valence-corrected chi connectivity index (χ4v) is 3.38. The minimum absolute atomic E-state index is 0.0158. The number of hydrazone groups is 1. The normalized spacial score (nSPS) is 11.1. The Hall–Kier alpha value is -2.55. The summed E-state index contributed by atoms with van der Waals surface area (Å²) >= 11 is 13.1. The van der Waals surface area contributed by atoms with Crippen molar-refractivity contribution in [3.8, 4) is 0 Å². The third-order valence-electron chi connectivity index (χ3n) is 3.70. The fourth-order valence-electron chi connectivity index (χ4n) is 2.17. The second-order valence-electron chi connectivity index (χ2n) is 5.79. The largest absolute Gasteiger partial charge is 0.334 e. The molecule has 0 fully saturated rings. The number of rotatable bonds is 7. The smallest absolute Gasteiger partial charge is 0.264 e. The lowest BCUT2D eigenvalue weighted by Gasteiger charge is -2.03. The van der Waals surface area contributed by atoms with E-state index in [0.717, 1.165) is 5.56 Å². The van der Waals surface area contributed by atoms with Crippen LogP contribution < -0.4 is 11.3 Å². The predicted molar refractivity (Wildman–Crippen MR) is 114 cm³/mol. The zero-order valence-electron chi connectivity index (χ0n) is 14.8. The molecule has 3 aromatic rings. The van der Waals surface area contributed by atoms with Crippen LogP contribution >= 0.6 is 35.0 Å². The van der Waals surface area contributed by atoms with Crippen molar-refractivity contribution in [2.24, 2.45) is 5.10 Å². The van der Waals surface area contributed by atoms with Crippen molar-refractivity contribution in [3.05, 3.63) is 69.2 Å². The summed E-state index contributed by atoms with van der Waals surface area (Å²) in [6.07, 6.45) is 1.51. The molecule has 0 aliphatic heterocycles. The van der Waals surface area contributed by atoms with Crippen LogP contribution in [0, 0.1) is 6.92 Å². The van der Waals surface area contributed by atoms with Crippen LogP contribution in [0.15, 0.2) is 52.7 Å².